The van der Waals surface area contributed by atoms with Gasteiger partial charge in [-0.05, 0) is 61.1 Å². The maximum atomic E-state index is 10.6. The first kappa shape index (κ1) is 17.7. The van der Waals surface area contributed by atoms with Gasteiger partial charge in [0.1, 0.15) is 0 Å². The monoisotopic (exact) mass is 361 g/mol. The van der Waals surface area contributed by atoms with Crippen molar-refractivity contribution < 1.29 is 4.79 Å². The van der Waals surface area contributed by atoms with Crippen LogP contribution in [0.25, 0.3) is 0 Å². The summed E-state index contributed by atoms with van der Waals surface area (Å²) in [6, 6.07) is 14.0. The molecule has 0 aliphatic carbocycles. The second kappa shape index (κ2) is 8.28. The molecule has 124 valence electrons. The minimum Gasteiger partial charge on any atom is -0.350 e. The number of hydrogen-bond acceptors (Lipinski definition) is 3. The van der Waals surface area contributed by atoms with Gasteiger partial charge in [0.15, 0.2) is 5.11 Å². The van der Waals surface area contributed by atoms with Gasteiger partial charge >= 0.3 is 6.03 Å². The Balaban J connectivity index is 1.95. The summed E-state index contributed by atoms with van der Waals surface area (Å²) >= 11 is 11.1. The number of halogens is 1. The van der Waals surface area contributed by atoms with Crippen molar-refractivity contribution in [1.82, 2.24) is 5.43 Å². The molecule has 0 saturated heterocycles. The molecule has 0 saturated carbocycles. The van der Waals surface area contributed by atoms with E-state index in [0.717, 1.165) is 16.9 Å². The van der Waals surface area contributed by atoms with Crippen LogP contribution in [0, 0.1) is 0 Å². The number of rotatable bonds is 4. The van der Waals surface area contributed by atoms with Crippen molar-refractivity contribution in [3.63, 3.8) is 0 Å². The van der Waals surface area contributed by atoms with E-state index in [2.05, 4.69) is 21.2 Å². The molecule has 6 nitrogen and oxygen atoms in total. The lowest BCUT2D eigenvalue weighted by molar-refractivity contribution is 0.249. The number of nitrogens with two attached hydrogens (primary N) is 1. The van der Waals surface area contributed by atoms with Crippen LogP contribution in [-0.4, -0.2) is 16.9 Å². The van der Waals surface area contributed by atoms with E-state index in [1.54, 1.807) is 19.1 Å². The predicted molar refractivity (Wildman–Crippen MR) is 103 cm³/mol. The lowest BCUT2D eigenvalue weighted by Crippen LogP contribution is -2.25. The van der Waals surface area contributed by atoms with Gasteiger partial charge in [-0.15, -0.1) is 0 Å². The SMILES string of the molecule is C/C(=N\NC(N)=O)c1ccc(NC(=S)Nc2ccc(Cl)cc2)cc1. The summed E-state index contributed by atoms with van der Waals surface area (Å²) in [6.45, 7) is 1.77. The Kier molecular flexibility index (Phi) is 6.11. The average molecular weight is 362 g/mol. The summed E-state index contributed by atoms with van der Waals surface area (Å²) in [6.07, 6.45) is 0. The molecule has 2 aromatic carbocycles. The average Bonchev–Trinajstić information content (AvgIpc) is 2.55. The Hall–Kier alpha value is -2.64. The van der Waals surface area contributed by atoms with Crippen LogP contribution in [0.4, 0.5) is 16.2 Å². The molecule has 2 amide bonds. The topological polar surface area (TPSA) is 91.5 Å². The molecule has 8 heteroatoms. The number of hydrogen-bond donors (Lipinski definition) is 4. The van der Waals surface area contributed by atoms with Crippen molar-refractivity contribution in [2.45, 2.75) is 6.92 Å². The first-order valence-corrected chi connectivity index (χ1v) is 7.76. The number of nitrogens with zero attached hydrogens (tertiary/aromatic N) is 1. The molecular weight excluding hydrogens is 346 g/mol. The van der Waals surface area contributed by atoms with Crippen molar-refractivity contribution in [2.75, 3.05) is 10.6 Å². The van der Waals surface area contributed by atoms with E-state index < -0.39 is 6.03 Å². The number of primary amides is 1. The lowest BCUT2D eigenvalue weighted by Gasteiger charge is -2.11. The smallest absolute Gasteiger partial charge is 0.332 e. The van der Waals surface area contributed by atoms with Crippen LogP contribution in [0.1, 0.15) is 12.5 Å². The van der Waals surface area contributed by atoms with Crippen LogP contribution in [-0.2, 0) is 0 Å². The highest BCUT2D eigenvalue weighted by Crippen LogP contribution is 2.15. The predicted octanol–water partition coefficient (Wildman–Crippen LogP) is 3.54. The van der Waals surface area contributed by atoms with Crippen molar-refractivity contribution in [2.24, 2.45) is 10.8 Å². The molecular formula is C16H16ClN5OS. The maximum Gasteiger partial charge on any atom is 0.332 e. The summed E-state index contributed by atoms with van der Waals surface area (Å²) < 4.78 is 0. The largest absolute Gasteiger partial charge is 0.350 e. The number of urea groups is 1. The maximum absolute atomic E-state index is 10.6. The number of benzene rings is 2. The molecule has 0 unspecified atom stereocenters. The number of carbonyl (C=O) groups excluding carboxylic acids is 1. The molecule has 24 heavy (non-hydrogen) atoms. The van der Waals surface area contributed by atoms with Gasteiger partial charge < -0.3 is 16.4 Å². The van der Waals surface area contributed by atoms with Gasteiger partial charge in [-0.1, -0.05) is 23.7 Å². The third kappa shape index (κ3) is 5.53. The number of thiocarbonyl (C=S) groups is 1. The zero-order valence-electron chi connectivity index (χ0n) is 12.8. The normalized spacial score (nSPS) is 10.8. The highest BCUT2D eigenvalue weighted by Gasteiger charge is 2.02. The van der Waals surface area contributed by atoms with Gasteiger partial charge in [0, 0.05) is 16.4 Å². The minimum atomic E-state index is -0.703. The standard InChI is InChI=1S/C16H16ClN5OS/c1-10(21-22-15(18)23)11-2-6-13(7-3-11)19-16(24)20-14-8-4-12(17)5-9-14/h2-9H,1H3,(H3,18,22,23)(H2,19,20,24)/b21-10+. The lowest BCUT2D eigenvalue weighted by atomic mass is 10.1. The molecule has 2 rings (SSSR count). The Morgan fingerprint density at radius 1 is 1.04 bits per heavy atom. The highest BCUT2D eigenvalue weighted by molar-refractivity contribution is 7.80. The first-order chi connectivity index (χ1) is 11.4. The quantitative estimate of drug-likeness (QED) is 0.381. The molecule has 5 N–H and O–H groups in total. The van der Waals surface area contributed by atoms with Crippen molar-refractivity contribution in [3.05, 3.63) is 59.1 Å². The number of anilines is 2. The van der Waals surface area contributed by atoms with E-state index in [1.807, 2.05) is 36.4 Å². The zero-order valence-corrected chi connectivity index (χ0v) is 14.4. The molecule has 0 spiro atoms. The van der Waals surface area contributed by atoms with Crippen LogP contribution < -0.4 is 21.8 Å². The number of amides is 2. The third-order valence-electron chi connectivity index (χ3n) is 3.00. The summed E-state index contributed by atoms with van der Waals surface area (Å²) in [5.74, 6) is 0. The molecule has 0 aromatic heterocycles. The van der Waals surface area contributed by atoms with Crippen LogP contribution >= 0.6 is 23.8 Å². The fraction of sp³-hybridized carbons (Fsp3) is 0.0625. The van der Waals surface area contributed by atoms with E-state index in [0.29, 0.717) is 15.8 Å². The third-order valence-corrected chi connectivity index (χ3v) is 3.45. The summed E-state index contributed by atoms with van der Waals surface area (Å²) in [5.41, 5.74) is 10.3. The van der Waals surface area contributed by atoms with Gasteiger partial charge in [0.2, 0.25) is 0 Å². The molecule has 0 fully saturated rings. The summed E-state index contributed by atoms with van der Waals surface area (Å²) in [7, 11) is 0. The van der Waals surface area contributed by atoms with Gasteiger partial charge in [-0.3, -0.25) is 0 Å². The fourth-order valence-corrected chi connectivity index (χ4v) is 2.19. The molecule has 0 atom stereocenters. The second-order valence-corrected chi connectivity index (χ2v) is 5.68. The van der Waals surface area contributed by atoms with E-state index in [1.165, 1.54) is 0 Å². The van der Waals surface area contributed by atoms with Gasteiger partial charge in [0.05, 0.1) is 5.71 Å². The van der Waals surface area contributed by atoms with E-state index >= 15 is 0 Å². The number of nitrogens with one attached hydrogen (secondary N) is 3. The molecule has 2 aromatic rings. The van der Waals surface area contributed by atoms with Crippen LogP contribution in [0.2, 0.25) is 5.02 Å². The van der Waals surface area contributed by atoms with Crippen molar-refractivity contribution >= 4 is 52.0 Å². The van der Waals surface area contributed by atoms with E-state index in [-0.39, 0.29) is 0 Å². The first-order valence-electron chi connectivity index (χ1n) is 6.98. The van der Waals surface area contributed by atoms with Crippen molar-refractivity contribution in [1.29, 1.82) is 0 Å². The molecule has 0 bridgehead atoms. The molecule has 0 aliphatic heterocycles. The summed E-state index contributed by atoms with van der Waals surface area (Å²) in [5, 5.41) is 11.1. The van der Waals surface area contributed by atoms with Crippen LogP contribution in [0.5, 0.6) is 0 Å². The Labute approximate surface area is 150 Å². The second-order valence-electron chi connectivity index (χ2n) is 4.84. The molecule has 0 heterocycles. The highest BCUT2D eigenvalue weighted by atomic mass is 35.5. The van der Waals surface area contributed by atoms with Gasteiger partial charge in [0.25, 0.3) is 0 Å². The Morgan fingerprint density at radius 3 is 2.04 bits per heavy atom. The number of hydrazone groups is 1. The van der Waals surface area contributed by atoms with Crippen LogP contribution in [0.15, 0.2) is 53.6 Å². The fourth-order valence-electron chi connectivity index (χ4n) is 1.82. The van der Waals surface area contributed by atoms with E-state index in [9.17, 15) is 4.79 Å². The Bertz CT molecular complexity index is 759. The minimum absolute atomic E-state index is 0.464. The zero-order chi connectivity index (χ0) is 17.5. The van der Waals surface area contributed by atoms with Crippen LogP contribution in [0.3, 0.4) is 0 Å². The molecule has 0 aliphatic rings. The van der Waals surface area contributed by atoms with Gasteiger partial charge in [-0.2, -0.15) is 5.10 Å². The summed E-state index contributed by atoms with van der Waals surface area (Å²) in [4.78, 5) is 10.6. The molecule has 0 radical (unpaired) electrons. The van der Waals surface area contributed by atoms with E-state index in [4.69, 9.17) is 29.6 Å². The van der Waals surface area contributed by atoms with Crippen molar-refractivity contribution in [3.8, 4) is 0 Å². The Morgan fingerprint density at radius 2 is 1.54 bits per heavy atom. The number of carbonyl (C=O) groups is 1. The van der Waals surface area contributed by atoms with Gasteiger partial charge in [-0.25, -0.2) is 10.2 Å².